The molecule has 17 nitrogen and oxygen atoms in total. The van der Waals surface area contributed by atoms with Gasteiger partial charge in [-0.05, 0) is 87.5 Å². The Morgan fingerprint density at radius 2 is 0.654 bits per heavy atom. The van der Waals surface area contributed by atoms with Crippen molar-refractivity contribution >= 4 is 11.8 Å². The average molecular weight is 1140 g/mol. The lowest BCUT2D eigenvalue weighted by atomic mass is 10.1. The van der Waals surface area contributed by atoms with E-state index in [2.05, 4.69) is 101 Å². The Bertz CT molecular complexity index is 1620. The van der Waals surface area contributed by atoms with Crippen LogP contribution in [0.3, 0.4) is 0 Å². The molecule has 0 aliphatic carbocycles. The summed E-state index contributed by atoms with van der Waals surface area (Å²) in [5, 5.41) is 0. The summed E-state index contributed by atoms with van der Waals surface area (Å²) in [6.07, 6.45) is 9.51. The molecule has 6 saturated heterocycles. The zero-order chi connectivity index (χ0) is 60.1. The van der Waals surface area contributed by atoms with E-state index >= 15 is 0 Å². The number of amides is 2. The van der Waals surface area contributed by atoms with E-state index in [9.17, 15) is 9.59 Å². The first kappa shape index (κ1) is 77.1. The number of piperazine rings is 2. The van der Waals surface area contributed by atoms with Gasteiger partial charge in [0.2, 0.25) is 11.8 Å². The van der Waals surface area contributed by atoms with Gasteiger partial charge >= 0.3 is 0 Å². The summed E-state index contributed by atoms with van der Waals surface area (Å²) < 4.78 is 29.7. The summed E-state index contributed by atoms with van der Waals surface area (Å²) in [5.74, 6) is 0.404. The molecule has 466 valence electrons. The molecule has 81 heavy (non-hydrogen) atoms. The van der Waals surface area contributed by atoms with Crippen LogP contribution in [0.15, 0.2) is 91.0 Å². The Balaban J connectivity index is 0.000000881. The van der Waals surface area contributed by atoms with Crippen LogP contribution in [0.4, 0.5) is 0 Å². The minimum atomic E-state index is 0.202. The maximum Gasteiger partial charge on any atom is 0.219 e. The molecule has 0 spiro atoms. The van der Waals surface area contributed by atoms with Crippen LogP contribution < -0.4 is 0 Å². The summed E-state index contributed by atoms with van der Waals surface area (Å²) >= 11 is 0. The van der Waals surface area contributed by atoms with Gasteiger partial charge in [0.25, 0.3) is 0 Å². The van der Waals surface area contributed by atoms with E-state index in [1.54, 1.807) is 49.4 Å². The van der Waals surface area contributed by atoms with Gasteiger partial charge in [0, 0.05) is 154 Å². The molecule has 6 aliphatic rings. The second-order valence-corrected chi connectivity index (χ2v) is 21.3. The first-order valence-corrected chi connectivity index (χ1v) is 29.6. The number of likely N-dealkylation sites (tertiary alicyclic amines) is 3. The minimum absolute atomic E-state index is 0.202. The average Bonchev–Trinajstić information content (AvgIpc) is 4.20. The third-order valence-electron chi connectivity index (χ3n) is 13.3. The number of hydrogen-bond donors (Lipinski definition) is 0. The highest BCUT2D eigenvalue weighted by atomic mass is 16.5. The highest BCUT2D eigenvalue weighted by Crippen LogP contribution is 2.08. The second-order valence-electron chi connectivity index (χ2n) is 21.3. The van der Waals surface area contributed by atoms with E-state index in [0.717, 1.165) is 106 Å². The van der Waals surface area contributed by atoms with E-state index in [-0.39, 0.29) is 11.8 Å². The zero-order valence-electron chi connectivity index (χ0n) is 53.7. The number of aryl methyl sites for hydroxylation is 3. The topological polar surface area (TPSA) is 119 Å². The molecule has 6 heterocycles. The normalized spacial score (nSPS) is 17.6. The van der Waals surface area contributed by atoms with Crippen LogP contribution in [-0.2, 0) is 38.0 Å². The Labute approximate surface area is 494 Å². The Morgan fingerprint density at radius 3 is 0.852 bits per heavy atom. The molecule has 0 aromatic heterocycles. The molecule has 3 aromatic rings. The van der Waals surface area contributed by atoms with Gasteiger partial charge in [-0.2, -0.15) is 0 Å². The van der Waals surface area contributed by atoms with Crippen molar-refractivity contribution in [3.8, 4) is 0 Å². The van der Waals surface area contributed by atoms with Crippen LogP contribution in [0.5, 0.6) is 0 Å². The maximum absolute atomic E-state index is 10.8. The van der Waals surface area contributed by atoms with Gasteiger partial charge < -0.3 is 48.0 Å². The van der Waals surface area contributed by atoms with E-state index in [0.29, 0.717) is 6.73 Å². The van der Waals surface area contributed by atoms with Crippen LogP contribution in [0, 0.1) is 20.8 Å². The summed E-state index contributed by atoms with van der Waals surface area (Å²) in [7, 11) is 16.7. The number of benzene rings is 3. The molecular weight excluding hydrogens is 1020 g/mol. The van der Waals surface area contributed by atoms with Crippen molar-refractivity contribution in [3.63, 3.8) is 0 Å². The highest BCUT2D eigenvalue weighted by Gasteiger charge is 2.16. The molecule has 0 N–H and O–H groups in total. The van der Waals surface area contributed by atoms with Crippen LogP contribution in [0.1, 0.15) is 75.5 Å². The van der Waals surface area contributed by atoms with Crippen LogP contribution >= 0.6 is 0 Å². The lowest BCUT2D eigenvalue weighted by molar-refractivity contribution is -0.131. The van der Waals surface area contributed by atoms with Crippen LogP contribution in [0.25, 0.3) is 0 Å². The molecule has 9 rings (SSSR count). The summed E-state index contributed by atoms with van der Waals surface area (Å²) in [4.78, 5) is 41.0. The molecule has 0 radical (unpaired) electrons. The first-order chi connectivity index (χ1) is 39.1. The quantitative estimate of drug-likeness (QED) is 0.182. The van der Waals surface area contributed by atoms with Crippen molar-refractivity contribution in [3.05, 3.63) is 108 Å². The van der Waals surface area contributed by atoms with Crippen LogP contribution in [-0.4, -0.2) is 271 Å². The number of nitrogens with zero attached hydrogens (tertiary/aromatic N) is 9. The van der Waals surface area contributed by atoms with Gasteiger partial charge in [0.1, 0.15) is 0 Å². The fraction of sp³-hybridized carbons (Fsp3) is 0.688. The van der Waals surface area contributed by atoms with E-state index in [1.807, 2.05) is 83.4 Å². The maximum atomic E-state index is 10.8. The first-order valence-electron chi connectivity index (χ1n) is 29.6. The van der Waals surface area contributed by atoms with Gasteiger partial charge in [-0.3, -0.25) is 34.1 Å². The molecule has 2 amide bonds. The van der Waals surface area contributed by atoms with Crippen LogP contribution in [0.2, 0.25) is 0 Å². The SMILES string of the molecule is CC(=O)N1CCN(C)CC1.CC(=O)N1CCN(C)CC1.COCN(C)C.COCN1CCCC1.COCN1CCCC1.COCN1CCCCC1.COCN1CCOCC1.Cc1ccccc1.Cc1ccccc1.Cc1ccccc1. The number of carbonyl (C=O) groups excluding carboxylic acids is 2. The van der Waals surface area contributed by atoms with Gasteiger partial charge in [0.05, 0.1) is 46.9 Å². The number of ether oxygens (including phenoxy) is 6. The molecule has 3 aromatic carbocycles. The fourth-order valence-electron chi connectivity index (χ4n) is 8.48. The predicted octanol–water partition coefficient (Wildman–Crippen LogP) is 8.07. The molecule has 0 atom stereocenters. The molecule has 0 saturated carbocycles. The Morgan fingerprint density at radius 1 is 0.395 bits per heavy atom. The van der Waals surface area contributed by atoms with E-state index < -0.39 is 0 Å². The second kappa shape index (κ2) is 54.0. The zero-order valence-corrected chi connectivity index (χ0v) is 53.7. The molecule has 6 aliphatic heterocycles. The van der Waals surface area contributed by atoms with Crippen molar-refractivity contribution < 1.29 is 38.0 Å². The van der Waals surface area contributed by atoms with E-state index in [1.165, 1.54) is 101 Å². The predicted molar refractivity (Wildman–Crippen MR) is 336 cm³/mol. The fourth-order valence-corrected chi connectivity index (χ4v) is 8.48. The number of hydrogen-bond acceptors (Lipinski definition) is 15. The van der Waals surface area contributed by atoms with Gasteiger partial charge in [-0.15, -0.1) is 0 Å². The number of carbonyl (C=O) groups is 2. The van der Waals surface area contributed by atoms with Gasteiger partial charge in [0.15, 0.2) is 0 Å². The van der Waals surface area contributed by atoms with Crippen molar-refractivity contribution in [2.75, 3.05) is 215 Å². The summed E-state index contributed by atoms with van der Waals surface area (Å²) in [6.45, 7) is 32.1. The molecule has 6 fully saturated rings. The minimum Gasteiger partial charge on any atom is -0.379 e. The lowest BCUT2D eigenvalue weighted by Gasteiger charge is -2.31. The number of likely N-dealkylation sites (N-methyl/N-ethyl adjacent to an activating group) is 2. The number of rotatable bonds is 10. The molecule has 0 bridgehead atoms. The smallest absolute Gasteiger partial charge is 0.219 e. The Hall–Kier alpha value is -3.92. The number of morpholine rings is 1. The van der Waals surface area contributed by atoms with Crippen molar-refractivity contribution in [2.45, 2.75) is 79.6 Å². The third kappa shape index (κ3) is 48.2. The highest BCUT2D eigenvalue weighted by molar-refractivity contribution is 5.73. The standard InChI is InChI=1S/2C7H14N2O.C7H15NO.3C7H8.C6H13NO2.2C6H13NO.C4H11NO/c2*1-7(10)9-5-3-8(2)4-6-9;1-9-7-8-5-3-2-4-6-8;3*1-7-5-3-2-4-6-7;1-8-6-7-2-4-9-5-3-7;2*1-8-6-7-4-2-3-5-7;1-5(2)4-6-3/h2*3-6H2,1-2H3;2-7H2,1H3;3*2-6H,1H3;2-6H2,1H3;2*2-6H2,1H3;4H2,1-3H3. The lowest BCUT2D eigenvalue weighted by Crippen LogP contribution is -2.46. The van der Waals surface area contributed by atoms with Crippen molar-refractivity contribution in [2.24, 2.45) is 0 Å². The van der Waals surface area contributed by atoms with Crippen molar-refractivity contribution in [1.82, 2.24) is 44.1 Å². The molecule has 0 unspecified atom stereocenters. The monoisotopic (exact) mass is 1140 g/mol. The van der Waals surface area contributed by atoms with Crippen molar-refractivity contribution in [1.29, 1.82) is 0 Å². The Kier molecular flexibility index (Phi) is 51.4. The van der Waals surface area contributed by atoms with E-state index in [4.69, 9.17) is 28.4 Å². The summed E-state index contributed by atoms with van der Waals surface area (Å²) in [6, 6.07) is 30.8. The number of piperidine rings is 1. The van der Waals surface area contributed by atoms with Gasteiger partial charge in [-0.1, -0.05) is 114 Å². The molecular formula is C64H117N9O8. The third-order valence-corrected chi connectivity index (χ3v) is 13.3. The molecule has 17 heteroatoms. The van der Waals surface area contributed by atoms with Gasteiger partial charge in [-0.25, -0.2) is 0 Å². The summed E-state index contributed by atoms with van der Waals surface area (Å²) in [5.41, 5.74) is 3.97. The number of methoxy groups -OCH3 is 5. The largest absolute Gasteiger partial charge is 0.379 e.